The summed E-state index contributed by atoms with van der Waals surface area (Å²) in [5, 5.41) is 9.98. The molecule has 0 unspecified atom stereocenters. The van der Waals surface area contributed by atoms with Crippen LogP contribution in [0.25, 0.3) is 22.0 Å². The average molecular weight is 498 g/mol. The molecular formula is C29H28FN5O2. The molecule has 0 aliphatic carbocycles. The fraction of sp³-hybridized carbons (Fsp3) is 0.207. The van der Waals surface area contributed by atoms with Gasteiger partial charge in [-0.2, -0.15) is 0 Å². The van der Waals surface area contributed by atoms with Crippen LogP contribution in [-0.4, -0.2) is 40.7 Å². The summed E-state index contributed by atoms with van der Waals surface area (Å²) in [6.07, 6.45) is 2.54. The molecule has 0 saturated carbocycles. The Labute approximate surface area is 214 Å². The Kier molecular flexibility index (Phi) is 6.83. The summed E-state index contributed by atoms with van der Waals surface area (Å²) >= 11 is 0. The molecule has 1 saturated heterocycles. The standard InChI is InChI=1S/C29H28FN5O2/c1-3-26(36)33-22-8-4-6-19(16-22)24-9-5-7-20-17-32-28(35-27(20)24)34-21-10-12-23(13-11-21)37-29(2)14-15-31-18-25(29)30/h3-13,16-17,25,31H,1,14-15,18H2,2H3,(H,33,36)(H,32,34,35)/t25-,29+/m0/s1. The Morgan fingerprint density at radius 2 is 1.97 bits per heavy atom. The normalized spacial score (nSPS) is 19.2. The summed E-state index contributed by atoms with van der Waals surface area (Å²) < 4.78 is 20.4. The van der Waals surface area contributed by atoms with Gasteiger partial charge in [0.1, 0.15) is 11.4 Å². The molecular weight excluding hydrogens is 469 g/mol. The first kappa shape index (κ1) is 24.4. The summed E-state index contributed by atoms with van der Waals surface area (Å²) in [6, 6.07) is 20.8. The molecule has 0 bridgehead atoms. The van der Waals surface area contributed by atoms with Crippen molar-refractivity contribution in [3.8, 4) is 16.9 Å². The third-order valence-corrected chi connectivity index (χ3v) is 6.48. The molecule has 7 nitrogen and oxygen atoms in total. The Morgan fingerprint density at radius 3 is 2.76 bits per heavy atom. The molecule has 2 heterocycles. The summed E-state index contributed by atoms with van der Waals surface area (Å²) in [5.41, 5.74) is 3.22. The molecule has 188 valence electrons. The van der Waals surface area contributed by atoms with Crippen LogP contribution in [0.4, 0.5) is 21.7 Å². The number of carbonyl (C=O) groups is 1. The highest BCUT2D eigenvalue weighted by atomic mass is 19.1. The van der Waals surface area contributed by atoms with Crippen LogP contribution in [0.15, 0.2) is 85.6 Å². The number of para-hydroxylation sites is 1. The van der Waals surface area contributed by atoms with Crippen molar-refractivity contribution >= 4 is 34.1 Å². The van der Waals surface area contributed by atoms with Gasteiger partial charge in [0.2, 0.25) is 11.9 Å². The number of halogens is 1. The van der Waals surface area contributed by atoms with Crippen molar-refractivity contribution in [2.45, 2.75) is 25.1 Å². The van der Waals surface area contributed by atoms with Gasteiger partial charge in [-0.15, -0.1) is 0 Å². The summed E-state index contributed by atoms with van der Waals surface area (Å²) in [4.78, 5) is 21.0. The average Bonchev–Trinajstić information content (AvgIpc) is 2.91. The summed E-state index contributed by atoms with van der Waals surface area (Å²) in [7, 11) is 0. The van der Waals surface area contributed by atoms with Crippen molar-refractivity contribution < 1.29 is 13.9 Å². The highest BCUT2D eigenvalue weighted by Gasteiger charge is 2.39. The molecule has 0 radical (unpaired) electrons. The number of benzene rings is 3. The smallest absolute Gasteiger partial charge is 0.247 e. The number of alkyl halides is 1. The van der Waals surface area contributed by atoms with Crippen LogP contribution >= 0.6 is 0 Å². The number of nitrogens with zero attached hydrogens (tertiary/aromatic N) is 2. The first-order chi connectivity index (χ1) is 17.9. The number of nitrogens with one attached hydrogen (secondary N) is 3. The minimum absolute atomic E-state index is 0.269. The molecule has 1 aromatic heterocycles. The molecule has 4 aromatic rings. The van der Waals surface area contributed by atoms with E-state index >= 15 is 0 Å². The number of hydrogen-bond donors (Lipinski definition) is 3. The number of ether oxygens (including phenoxy) is 1. The van der Waals surface area contributed by atoms with Crippen LogP contribution in [0.5, 0.6) is 5.75 Å². The highest BCUT2D eigenvalue weighted by molar-refractivity contribution is 6.00. The maximum absolute atomic E-state index is 14.4. The Hall–Kier alpha value is -4.30. The number of amides is 1. The van der Waals surface area contributed by atoms with Crippen LogP contribution in [0.3, 0.4) is 0 Å². The molecule has 8 heteroatoms. The van der Waals surface area contributed by atoms with E-state index in [1.165, 1.54) is 6.08 Å². The Bertz CT molecular complexity index is 1440. The number of piperidine rings is 1. The van der Waals surface area contributed by atoms with E-state index in [4.69, 9.17) is 9.72 Å². The minimum Gasteiger partial charge on any atom is -0.484 e. The zero-order chi connectivity index (χ0) is 25.8. The predicted octanol–water partition coefficient (Wildman–Crippen LogP) is 5.63. The molecule has 1 aliphatic heterocycles. The fourth-order valence-corrected chi connectivity index (χ4v) is 4.36. The topological polar surface area (TPSA) is 88.2 Å². The molecule has 0 spiro atoms. The molecule has 2 atom stereocenters. The molecule has 1 aliphatic rings. The lowest BCUT2D eigenvalue weighted by Crippen LogP contribution is -2.53. The predicted molar refractivity (Wildman–Crippen MR) is 145 cm³/mol. The minimum atomic E-state index is -1.07. The molecule has 37 heavy (non-hydrogen) atoms. The van der Waals surface area contributed by atoms with E-state index < -0.39 is 11.8 Å². The molecule has 3 aromatic carbocycles. The van der Waals surface area contributed by atoms with E-state index in [2.05, 4.69) is 27.5 Å². The first-order valence-corrected chi connectivity index (χ1v) is 12.1. The van der Waals surface area contributed by atoms with E-state index in [0.29, 0.717) is 30.4 Å². The first-order valence-electron chi connectivity index (χ1n) is 12.1. The zero-order valence-electron chi connectivity index (χ0n) is 20.5. The maximum Gasteiger partial charge on any atom is 0.247 e. The van der Waals surface area contributed by atoms with Crippen molar-refractivity contribution in [2.24, 2.45) is 0 Å². The van der Waals surface area contributed by atoms with Crippen molar-refractivity contribution in [3.05, 3.63) is 85.6 Å². The molecule has 3 N–H and O–H groups in total. The van der Waals surface area contributed by atoms with Gasteiger partial charge in [0.25, 0.3) is 0 Å². The van der Waals surface area contributed by atoms with Gasteiger partial charge in [0, 0.05) is 41.5 Å². The van der Waals surface area contributed by atoms with Crippen molar-refractivity contribution in [1.29, 1.82) is 0 Å². The largest absolute Gasteiger partial charge is 0.484 e. The number of carbonyl (C=O) groups excluding carboxylic acids is 1. The van der Waals surface area contributed by atoms with E-state index in [0.717, 1.165) is 34.3 Å². The monoisotopic (exact) mass is 497 g/mol. The van der Waals surface area contributed by atoms with Gasteiger partial charge >= 0.3 is 0 Å². The van der Waals surface area contributed by atoms with E-state index in [1.54, 1.807) is 6.20 Å². The molecule has 1 amide bonds. The number of aromatic nitrogens is 2. The lowest BCUT2D eigenvalue weighted by molar-refractivity contribution is -0.111. The van der Waals surface area contributed by atoms with E-state index in [1.807, 2.05) is 73.7 Å². The molecule has 5 rings (SSSR count). The third kappa shape index (κ3) is 5.44. The SMILES string of the molecule is C=CC(=O)Nc1cccc(-c2cccc3cnc(Nc4ccc(O[C@]5(C)CCNC[C@@H]5F)cc4)nc23)c1. The van der Waals surface area contributed by atoms with Gasteiger partial charge in [0.05, 0.1) is 5.52 Å². The van der Waals surface area contributed by atoms with Gasteiger partial charge in [0.15, 0.2) is 6.17 Å². The van der Waals surface area contributed by atoms with Crippen LogP contribution < -0.4 is 20.7 Å². The van der Waals surface area contributed by atoms with Crippen molar-refractivity contribution in [1.82, 2.24) is 15.3 Å². The summed E-state index contributed by atoms with van der Waals surface area (Å²) in [5.74, 6) is 0.788. The fourth-order valence-electron chi connectivity index (χ4n) is 4.36. The van der Waals surface area contributed by atoms with Crippen LogP contribution in [0.1, 0.15) is 13.3 Å². The van der Waals surface area contributed by atoms with Gasteiger partial charge < -0.3 is 20.7 Å². The van der Waals surface area contributed by atoms with Gasteiger partial charge in [-0.1, -0.05) is 36.9 Å². The second-order valence-corrected chi connectivity index (χ2v) is 9.20. The number of fused-ring (bicyclic) bond motifs is 1. The Morgan fingerprint density at radius 1 is 1.16 bits per heavy atom. The van der Waals surface area contributed by atoms with Crippen molar-refractivity contribution in [2.75, 3.05) is 23.7 Å². The van der Waals surface area contributed by atoms with Crippen LogP contribution in [0.2, 0.25) is 0 Å². The maximum atomic E-state index is 14.4. The summed E-state index contributed by atoms with van der Waals surface area (Å²) in [6.45, 7) is 6.34. The highest BCUT2D eigenvalue weighted by Crippen LogP contribution is 2.31. The van der Waals surface area contributed by atoms with Gasteiger partial charge in [-0.3, -0.25) is 4.79 Å². The molecule has 1 fully saturated rings. The zero-order valence-corrected chi connectivity index (χ0v) is 20.5. The van der Waals surface area contributed by atoms with Crippen LogP contribution in [0, 0.1) is 0 Å². The van der Waals surface area contributed by atoms with E-state index in [9.17, 15) is 9.18 Å². The second-order valence-electron chi connectivity index (χ2n) is 9.20. The Balaban J connectivity index is 1.37. The number of hydrogen-bond acceptors (Lipinski definition) is 6. The lowest BCUT2D eigenvalue weighted by Gasteiger charge is -2.37. The lowest BCUT2D eigenvalue weighted by atomic mass is 9.92. The second kappa shape index (κ2) is 10.4. The van der Waals surface area contributed by atoms with Crippen LogP contribution in [-0.2, 0) is 4.79 Å². The van der Waals surface area contributed by atoms with E-state index in [-0.39, 0.29) is 5.91 Å². The quantitative estimate of drug-likeness (QED) is 0.287. The van der Waals surface area contributed by atoms with Gasteiger partial charge in [-0.25, -0.2) is 14.4 Å². The van der Waals surface area contributed by atoms with Crippen molar-refractivity contribution in [3.63, 3.8) is 0 Å². The van der Waals surface area contributed by atoms with Gasteiger partial charge in [-0.05, 0) is 61.5 Å². The number of rotatable bonds is 7. The third-order valence-electron chi connectivity index (χ3n) is 6.48. The number of anilines is 3.